The molecular formula is C13H17NO4. The van der Waals surface area contributed by atoms with Gasteiger partial charge in [0.25, 0.3) is 5.91 Å². The van der Waals surface area contributed by atoms with E-state index in [-0.39, 0.29) is 19.3 Å². The van der Waals surface area contributed by atoms with Gasteiger partial charge in [-0.1, -0.05) is 13.3 Å². The molecule has 18 heavy (non-hydrogen) atoms. The lowest BCUT2D eigenvalue weighted by molar-refractivity contribution is -0.123. The first-order valence-corrected chi connectivity index (χ1v) is 6.08. The molecule has 0 aliphatic carbocycles. The normalized spacial score (nSPS) is 12.3. The van der Waals surface area contributed by atoms with E-state index in [2.05, 4.69) is 12.2 Å². The summed E-state index contributed by atoms with van der Waals surface area (Å²) in [5, 5.41) is 2.79. The van der Waals surface area contributed by atoms with E-state index in [0.29, 0.717) is 23.8 Å². The van der Waals surface area contributed by atoms with Crippen molar-refractivity contribution < 1.29 is 19.0 Å². The van der Waals surface area contributed by atoms with Crippen LogP contribution in [-0.4, -0.2) is 25.9 Å². The Morgan fingerprint density at radius 3 is 3.06 bits per heavy atom. The van der Waals surface area contributed by atoms with Crippen molar-refractivity contribution in [3.63, 3.8) is 0 Å². The lowest BCUT2D eigenvalue weighted by Gasteiger charge is -2.07. The predicted octanol–water partition coefficient (Wildman–Crippen LogP) is 1.71. The van der Waals surface area contributed by atoms with Gasteiger partial charge >= 0.3 is 0 Å². The van der Waals surface area contributed by atoms with E-state index in [4.69, 9.17) is 14.2 Å². The minimum Gasteiger partial charge on any atom is -0.484 e. The van der Waals surface area contributed by atoms with Crippen LogP contribution in [0.15, 0.2) is 18.2 Å². The number of hydrogen-bond acceptors (Lipinski definition) is 4. The van der Waals surface area contributed by atoms with Gasteiger partial charge in [-0.05, 0) is 18.6 Å². The number of benzene rings is 1. The Hall–Kier alpha value is -1.91. The highest BCUT2D eigenvalue weighted by Crippen LogP contribution is 2.34. The van der Waals surface area contributed by atoms with Gasteiger partial charge in [-0.15, -0.1) is 0 Å². The van der Waals surface area contributed by atoms with E-state index >= 15 is 0 Å². The van der Waals surface area contributed by atoms with Crippen LogP contribution in [0.1, 0.15) is 19.8 Å². The fourth-order valence-corrected chi connectivity index (χ4v) is 1.57. The van der Waals surface area contributed by atoms with Crippen LogP contribution in [0.25, 0.3) is 0 Å². The van der Waals surface area contributed by atoms with E-state index < -0.39 is 0 Å². The van der Waals surface area contributed by atoms with Gasteiger partial charge in [0.1, 0.15) is 5.75 Å². The number of hydrogen-bond donors (Lipinski definition) is 1. The predicted molar refractivity (Wildman–Crippen MR) is 66.0 cm³/mol. The summed E-state index contributed by atoms with van der Waals surface area (Å²) in [6, 6.07) is 5.25. The van der Waals surface area contributed by atoms with Crippen LogP contribution in [0.3, 0.4) is 0 Å². The van der Waals surface area contributed by atoms with Crippen LogP contribution in [0.4, 0.5) is 0 Å². The topological polar surface area (TPSA) is 56.8 Å². The summed E-state index contributed by atoms with van der Waals surface area (Å²) in [6.07, 6.45) is 2.04. The summed E-state index contributed by atoms with van der Waals surface area (Å²) < 4.78 is 15.8. The molecule has 1 amide bonds. The first kappa shape index (κ1) is 12.5. The molecule has 1 heterocycles. The van der Waals surface area contributed by atoms with Crippen molar-refractivity contribution in [2.24, 2.45) is 0 Å². The molecule has 0 unspecified atom stereocenters. The maximum absolute atomic E-state index is 11.4. The van der Waals surface area contributed by atoms with Crippen LogP contribution >= 0.6 is 0 Å². The summed E-state index contributed by atoms with van der Waals surface area (Å²) in [6.45, 7) is 3.02. The van der Waals surface area contributed by atoms with Crippen molar-refractivity contribution in [3.05, 3.63) is 18.2 Å². The van der Waals surface area contributed by atoms with Crippen molar-refractivity contribution >= 4 is 5.91 Å². The van der Waals surface area contributed by atoms with Gasteiger partial charge in [0.2, 0.25) is 6.79 Å². The van der Waals surface area contributed by atoms with E-state index in [1.54, 1.807) is 18.2 Å². The molecule has 1 aliphatic heterocycles. The zero-order valence-corrected chi connectivity index (χ0v) is 10.4. The Morgan fingerprint density at radius 1 is 1.39 bits per heavy atom. The molecule has 0 atom stereocenters. The zero-order valence-electron chi connectivity index (χ0n) is 10.4. The average Bonchev–Trinajstić information content (AvgIpc) is 2.84. The summed E-state index contributed by atoms with van der Waals surface area (Å²) in [4.78, 5) is 11.4. The number of nitrogens with one attached hydrogen (secondary N) is 1. The molecule has 0 saturated heterocycles. The first-order valence-electron chi connectivity index (χ1n) is 6.08. The molecule has 0 radical (unpaired) electrons. The number of carbonyl (C=O) groups is 1. The fraction of sp³-hybridized carbons (Fsp3) is 0.462. The second-order valence-corrected chi connectivity index (χ2v) is 4.01. The Labute approximate surface area is 106 Å². The van der Waals surface area contributed by atoms with Crippen LogP contribution in [-0.2, 0) is 4.79 Å². The van der Waals surface area contributed by atoms with Gasteiger partial charge in [0.05, 0.1) is 0 Å². The second kappa shape index (κ2) is 6.14. The molecule has 0 spiro atoms. The number of rotatable bonds is 6. The van der Waals surface area contributed by atoms with Gasteiger partial charge in [-0.25, -0.2) is 0 Å². The van der Waals surface area contributed by atoms with Crippen LogP contribution in [0.5, 0.6) is 17.2 Å². The van der Waals surface area contributed by atoms with Crippen molar-refractivity contribution in [1.82, 2.24) is 5.32 Å². The van der Waals surface area contributed by atoms with E-state index in [0.717, 1.165) is 12.8 Å². The number of amides is 1. The van der Waals surface area contributed by atoms with E-state index in [1.165, 1.54) is 0 Å². The monoisotopic (exact) mass is 251 g/mol. The Kier molecular flexibility index (Phi) is 4.28. The lowest BCUT2D eigenvalue weighted by atomic mass is 10.3. The molecule has 2 rings (SSSR count). The minimum absolute atomic E-state index is 0.0172. The van der Waals surface area contributed by atoms with E-state index in [9.17, 15) is 4.79 Å². The Morgan fingerprint density at radius 2 is 2.22 bits per heavy atom. The molecule has 1 aromatic rings. The number of ether oxygens (including phenoxy) is 3. The molecule has 1 aliphatic rings. The molecule has 5 nitrogen and oxygen atoms in total. The van der Waals surface area contributed by atoms with Gasteiger partial charge < -0.3 is 19.5 Å². The minimum atomic E-state index is -0.110. The van der Waals surface area contributed by atoms with Crippen molar-refractivity contribution in [3.8, 4) is 17.2 Å². The maximum Gasteiger partial charge on any atom is 0.257 e. The molecule has 0 saturated carbocycles. The maximum atomic E-state index is 11.4. The fourth-order valence-electron chi connectivity index (χ4n) is 1.57. The molecule has 0 fully saturated rings. The lowest BCUT2D eigenvalue weighted by Crippen LogP contribution is -2.29. The number of unbranched alkanes of at least 4 members (excludes halogenated alkanes) is 1. The van der Waals surface area contributed by atoms with Crippen LogP contribution in [0.2, 0.25) is 0 Å². The van der Waals surface area contributed by atoms with E-state index in [1.807, 2.05) is 0 Å². The SMILES string of the molecule is CCCCNC(=O)COc1ccc2c(c1)OCO2. The third-order valence-corrected chi connectivity index (χ3v) is 2.57. The van der Waals surface area contributed by atoms with Crippen LogP contribution < -0.4 is 19.5 Å². The third kappa shape index (κ3) is 3.29. The summed E-state index contributed by atoms with van der Waals surface area (Å²) in [5.41, 5.74) is 0. The van der Waals surface area contributed by atoms with Crippen LogP contribution in [0, 0.1) is 0 Å². The highest BCUT2D eigenvalue weighted by molar-refractivity contribution is 5.77. The molecule has 1 N–H and O–H groups in total. The molecule has 5 heteroatoms. The Bertz CT molecular complexity index is 419. The molecule has 98 valence electrons. The van der Waals surface area contributed by atoms with Gasteiger partial charge in [0, 0.05) is 12.6 Å². The first-order chi connectivity index (χ1) is 8.79. The van der Waals surface area contributed by atoms with Crippen molar-refractivity contribution in [2.75, 3.05) is 19.9 Å². The molecule has 0 aromatic heterocycles. The van der Waals surface area contributed by atoms with Gasteiger partial charge in [-0.2, -0.15) is 0 Å². The Balaban J connectivity index is 1.78. The third-order valence-electron chi connectivity index (χ3n) is 2.57. The summed E-state index contributed by atoms with van der Waals surface area (Å²) in [5.74, 6) is 1.85. The number of fused-ring (bicyclic) bond motifs is 1. The average molecular weight is 251 g/mol. The zero-order chi connectivity index (χ0) is 12.8. The smallest absolute Gasteiger partial charge is 0.257 e. The second-order valence-electron chi connectivity index (χ2n) is 4.01. The summed E-state index contributed by atoms with van der Waals surface area (Å²) >= 11 is 0. The standard InChI is InChI=1S/C13H17NO4/c1-2-3-6-14-13(15)8-16-10-4-5-11-12(7-10)18-9-17-11/h4-5,7H,2-3,6,8-9H2,1H3,(H,14,15). The summed E-state index contributed by atoms with van der Waals surface area (Å²) in [7, 11) is 0. The van der Waals surface area contributed by atoms with Crippen molar-refractivity contribution in [2.45, 2.75) is 19.8 Å². The number of carbonyl (C=O) groups excluding carboxylic acids is 1. The highest BCUT2D eigenvalue weighted by atomic mass is 16.7. The molecule has 1 aromatic carbocycles. The van der Waals surface area contributed by atoms with Crippen molar-refractivity contribution in [1.29, 1.82) is 0 Å². The largest absolute Gasteiger partial charge is 0.484 e. The quantitative estimate of drug-likeness (QED) is 0.782. The van der Waals surface area contributed by atoms with Gasteiger partial charge in [-0.3, -0.25) is 4.79 Å². The molecule has 0 bridgehead atoms. The van der Waals surface area contributed by atoms with Gasteiger partial charge in [0.15, 0.2) is 18.1 Å². The highest BCUT2D eigenvalue weighted by Gasteiger charge is 2.14. The molecular weight excluding hydrogens is 234 g/mol.